The Hall–Kier alpha value is -2.27. The molecule has 11 heteroatoms. The maximum atomic E-state index is 13.0. The maximum Gasteiger partial charge on any atom is 0.261 e. The van der Waals surface area contributed by atoms with E-state index in [4.69, 9.17) is 32.7 Å². The molecule has 0 aromatic heterocycles. The largest absolute Gasteiger partial charge is 0.382 e. The van der Waals surface area contributed by atoms with Crippen molar-refractivity contribution in [1.82, 2.24) is 0 Å². The van der Waals surface area contributed by atoms with Gasteiger partial charge in [-0.25, -0.2) is 8.42 Å². The highest BCUT2D eigenvalue weighted by Crippen LogP contribution is 2.26. The number of hydrogen-bond acceptors (Lipinski definition) is 6. The summed E-state index contributed by atoms with van der Waals surface area (Å²) < 4.78 is 38.4. The van der Waals surface area contributed by atoms with Crippen LogP contribution in [0.1, 0.15) is 10.4 Å². The van der Waals surface area contributed by atoms with Crippen molar-refractivity contribution in [2.75, 3.05) is 42.7 Å². The van der Waals surface area contributed by atoms with Crippen molar-refractivity contribution >= 4 is 62.3 Å². The van der Waals surface area contributed by atoms with Crippen molar-refractivity contribution in [1.29, 1.82) is 0 Å². The van der Waals surface area contributed by atoms with Gasteiger partial charge in [0.15, 0.2) is 0 Å². The zero-order valence-corrected chi connectivity index (χ0v) is 21.9. The summed E-state index contributed by atoms with van der Waals surface area (Å²) >= 11 is 13.6. The van der Waals surface area contributed by atoms with Gasteiger partial charge in [0.2, 0.25) is 0 Å². The third-order valence-corrected chi connectivity index (χ3v) is 7.48. The Bertz CT molecular complexity index is 1240. The highest BCUT2D eigenvalue weighted by atomic mass is 35.5. The predicted molar refractivity (Wildman–Crippen MR) is 142 cm³/mol. The number of hydrogen-bond donors (Lipinski definition) is 2. The summed E-state index contributed by atoms with van der Waals surface area (Å²) in [7, 11) is -2.32. The summed E-state index contributed by atoms with van der Waals surface area (Å²) in [6, 6.07) is 17.4. The highest BCUT2D eigenvalue weighted by Gasteiger charge is 2.19. The van der Waals surface area contributed by atoms with E-state index in [-0.39, 0.29) is 16.1 Å². The van der Waals surface area contributed by atoms with Gasteiger partial charge in [-0.1, -0.05) is 23.2 Å². The van der Waals surface area contributed by atoms with Crippen LogP contribution in [-0.2, 0) is 19.5 Å². The Morgan fingerprint density at radius 2 is 1.60 bits per heavy atom. The predicted octanol–water partition coefficient (Wildman–Crippen LogP) is 5.80. The van der Waals surface area contributed by atoms with Crippen molar-refractivity contribution in [3.8, 4) is 0 Å². The summed E-state index contributed by atoms with van der Waals surface area (Å²) in [5, 5.41) is 3.49. The van der Waals surface area contributed by atoms with Gasteiger partial charge in [-0.15, -0.1) is 11.8 Å². The van der Waals surface area contributed by atoms with Crippen LogP contribution in [0.3, 0.4) is 0 Å². The molecule has 0 spiro atoms. The molecular formula is C24H24Cl2N2O5S2. The number of ether oxygens (including phenoxy) is 2. The Morgan fingerprint density at radius 3 is 2.29 bits per heavy atom. The van der Waals surface area contributed by atoms with Gasteiger partial charge in [-0.05, 0) is 66.7 Å². The van der Waals surface area contributed by atoms with Gasteiger partial charge in [0, 0.05) is 33.5 Å². The topological polar surface area (TPSA) is 93.7 Å². The van der Waals surface area contributed by atoms with Crippen LogP contribution in [0.2, 0.25) is 10.0 Å². The summed E-state index contributed by atoms with van der Waals surface area (Å²) in [5.74, 6) is 0.281. The molecule has 3 rings (SSSR count). The van der Waals surface area contributed by atoms with E-state index in [0.717, 1.165) is 10.6 Å². The molecule has 0 aliphatic heterocycles. The molecule has 0 radical (unpaired) electrons. The second-order valence-electron chi connectivity index (χ2n) is 7.18. The Labute approximate surface area is 219 Å². The van der Waals surface area contributed by atoms with E-state index in [9.17, 15) is 13.2 Å². The van der Waals surface area contributed by atoms with Crippen molar-refractivity contribution in [2.24, 2.45) is 0 Å². The number of sulfonamides is 1. The van der Waals surface area contributed by atoms with Crippen LogP contribution in [0.25, 0.3) is 0 Å². The molecule has 35 heavy (non-hydrogen) atoms. The Morgan fingerprint density at radius 1 is 0.914 bits per heavy atom. The van der Waals surface area contributed by atoms with Gasteiger partial charge in [0.1, 0.15) is 0 Å². The number of carbonyl (C=O) groups excluding carboxylic acids is 1. The average Bonchev–Trinajstić information content (AvgIpc) is 2.83. The van der Waals surface area contributed by atoms with E-state index in [1.54, 1.807) is 31.0 Å². The lowest BCUT2D eigenvalue weighted by Gasteiger charge is -2.14. The quantitative estimate of drug-likeness (QED) is 0.217. The number of methoxy groups -OCH3 is 1. The Balaban J connectivity index is 1.66. The number of halogens is 2. The second-order valence-corrected chi connectivity index (χ2v) is 10.9. The Kier molecular flexibility index (Phi) is 10.3. The third kappa shape index (κ3) is 8.42. The molecule has 7 nitrogen and oxygen atoms in total. The first-order valence-corrected chi connectivity index (χ1v) is 13.7. The smallest absolute Gasteiger partial charge is 0.261 e. The SMILES string of the molecule is COCCOCCSc1ccc(NC(=O)c2cc(Cl)ccc2NS(=O)(=O)c2ccc(Cl)cc2)cc1. The molecule has 0 unspecified atom stereocenters. The lowest BCUT2D eigenvalue weighted by atomic mass is 10.1. The van der Waals surface area contributed by atoms with Gasteiger partial charge in [-0.2, -0.15) is 0 Å². The van der Waals surface area contributed by atoms with Crippen LogP contribution >= 0.6 is 35.0 Å². The first kappa shape index (κ1) is 27.3. The molecule has 0 saturated heterocycles. The fourth-order valence-corrected chi connectivity index (χ4v) is 5.05. The molecule has 0 bridgehead atoms. The minimum absolute atomic E-state index is 0.0143. The standard InChI is InChI=1S/C24H24Cl2N2O5S2/c1-32-12-13-33-14-15-34-20-7-5-19(6-8-20)27-24(29)22-16-18(26)4-11-23(22)28-35(30,31)21-9-2-17(25)3-10-21/h2-11,16,28H,12-15H2,1H3,(H,27,29). The van der Waals surface area contributed by atoms with Gasteiger partial charge < -0.3 is 14.8 Å². The normalized spacial score (nSPS) is 11.3. The highest BCUT2D eigenvalue weighted by molar-refractivity contribution is 7.99. The monoisotopic (exact) mass is 554 g/mol. The summed E-state index contributed by atoms with van der Waals surface area (Å²) in [5.41, 5.74) is 0.742. The zero-order chi connectivity index (χ0) is 25.3. The van der Waals surface area contributed by atoms with Crippen molar-refractivity contribution < 1.29 is 22.7 Å². The fourth-order valence-electron chi connectivity index (χ4n) is 2.91. The molecule has 186 valence electrons. The molecule has 0 atom stereocenters. The van der Waals surface area contributed by atoms with Crippen LogP contribution in [0.5, 0.6) is 0 Å². The summed E-state index contributed by atoms with van der Waals surface area (Å²) in [6.45, 7) is 1.73. The lowest BCUT2D eigenvalue weighted by Crippen LogP contribution is -2.18. The van der Waals surface area contributed by atoms with Crippen molar-refractivity contribution in [3.05, 3.63) is 82.3 Å². The lowest BCUT2D eigenvalue weighted by molar-refractivity contribution is 0.0790. The number of anilines is 2. The van der Waals surface area contributed by atoms with Crippen LogP contribution in [0.4, 0.5) is 11.4 Å². The minimum atomic E-state index is -3.95. The molecule has 3 aromatic carbocycles. The van der Waals surface area contributed by atoms with Crippen LogP contribution < -0.4 is 10.0 Å². The molecule has 0 saturated carbocycles. The van der Waals surface area contributed by atoms with E-state index in [2.05, 4.69) is 10.0 Å². The summed E-state index contributed by atoms with van der Waals surface area (Å²) in [6.07, 6.45) is 0. The van der Waals surface area contributed by atoms with E-state index in [0.29, 0.717) is 35.6 Å². The number of benzene rings is 3. The van der Waals surface area contributed by atoms with Crippen molar-refractivity contribution in [3.63, 3.8) is 0 Å². The van der Waals surface area contributed by atoms with Gasteiger partial charge in [-0.3, -0.25) is 9.52 Å². The minimum Gasteiger partial charge on any atom is -0.382 e. The second kappa shape index (κ2) is 13.2. The zero-order valence-electron chi connectivity index (χ0n) is 18.8. The molecule has 1 amide bonds. The van der Waals surface area contributed by atoms with Crippen LogP contribution in [0.15, 0.2) is 76.5 Å². The molecule has 0 fully saturated rings. The maximum absolute atomic E-state index is 13.0. The van der Waals surface area contributed by atoms with Crippen molar-refractivity contribution in [2.45, 2.75) is 9.79 Å². The fraction of sp³-hybridized carbons (Fsp3) is 0.208. The molecule has 0 aliphatic carbocycles. The molecule has 0 heterocycles. The first-order valence-electron chi connectivity index (χ1n) is 10.5. The van der Waals surface area contributed by atoms with Gasteiger partial charge >= 0.3 is 0 Å². The molecule has 3 aromatic rings. The average molecular weight is 556 g/mol. The van der Waals surface area contributed by atoms with Crippen LogP contribution in [0, 0.1) is 0 Å². The van der Waals surface area contributed by atoms with Gasteiger partial charge in [0.05, 0.1) is 36.0 Å². The third-order valence-electron chi connectivity index (χ3n) is 4.63. The number of amides is 1. The summed E-state index contributed by atoms with van der Waals surface area (Å²) in [4.78, 5) is 14.0. The number of rotatable bonds is 12. The van der Waals surface area contributed by atoms with Gasteiger partial charge in [0.25, 0.3) is 15.9 Å². The molecule has 0 aliphatic rings. The number of nitrogens with one attached hydrogen (secondary N) is 2. The molecule has 2 N–H and O–H groups in total. The van der Waals surface area contributed by atoms with E-state index in [1.807, 2.05) is 12.1 Å². The van der Waals surface area contributed by atoms with E-state index < -0.39 is 15.9 Å². The first-order chi connectivity index (χ1) is 16.8. The molecular weight excluding hydrogens is 531 g/mol. The van der Waals surface area contributed by atoms with E-state index in [1.165, 1.54) is 42.5 Å². The number of carbonyl (C=O) groups is 1. The number of thioether (sulfide) groups is 1. The van der Waals surface area contributed by atoms with E-state index >= 15 is 0 Å². The van der Waals surface area contributed by atoms with Crippen LogP contribution in [-0.4, -0.2) is 47.0 Å².